The zero-order valence-electron chi connectivity index (χ0n) is 25.7. The van der Waals surface area contributed by atoms with Gasteiger partial charge in [-0.05, 0) is 122 Å². The van der Waals surface area contributed by atoms with Gasteiger partial charge in [-0.1, -0.05) is 0 Å². The van der Waals surface area contributed by atoms with Crippen LogP contribution in [0.4, 0.5) is 5.69 Å². The van der Waals surface area contributed by atoms with Gasteiger partial charge in [-0.15, -0.1) is 0 Å². The van der Waals surface area contributed by atoms with Crippen molar-refractivity contribution >= 4 is 16.6 Å². The molecule has 4 heterocycles. The van der Waals surface area contributed by atoms with Crippen molar-refractivity contribution < 1.29 is 13.9 Å². The third-order valence-electron chi connectivity index (χ3n) is 9.99. The Hall–Kier alpha value is -2.77. The number of aryl methyl sites for hydroxylation is 1. The van der Waals surface area contributed by atoms with Crippen molar-refractivity contribution in [1.82, 2.24) is 14.8 Å². The molecule has 2 saturated heterocycles. The molecule has 1 aromatic carbocycles. The fourth-order valence-corrected chi connectivity index (χ4v) is 7.29. The van der Waals surface area contributed by atoms with Crippen LogP contribution in [0.3, 0.4) is 0 Å². The van der Waals surface area contributed by atoms with Crippen LogP contribution in [0, 0.1) is 12.3 Å². The van der Waals surface area contributed by atoms with Crippen LogP contribution in [0.1, 0.15) is 64.6 Å². The van der Waals surface area contributed by atoms with E-state index in [1.807, 2.05) is 19.1 Å². The molecule has 0 N–H and O–H groups in total. The maximum atomic E-state index is 6.29. The maximum Gasteiger partial charge on any atom is 0.163 e. The van der Waals surface area contributed by atoms with Crippen molar-refractivity contribution in [2.75, 3.05) is 58.4 Å². The molecule has 1 saturated carbocycles. The number of hydrogen-bond donors (Lipinski definition) is 0. The second-order valence-corrected chi connectivity index (χ2v) is 13.0. The van der Waals surface area contributed by atoms with Crippen LogP contribution in [-0.2, 0) is 0 Å². The first kappa shape index (κ1) is 28.4. The number of piperidine rings is 1. The Balaban J connectivity index is 1.25. The summed E-state index contributed by atoms with van der Waals surface area (Å²) < 4.78 is 18.2. The number of ether oxygens (including phenoxy) is 2. The molecule has 7 heteroatoms. The monoisotopic (exact) mass is 560 g/mol. The van der Waals surface area contributed by atoms with E-state index in [9.17, 15) is 0 Å². The predicted octanol–water partition coefficient (Wildman–Crippen LogP) is 6.77. The number of benzene rings is 1. The molecule has 1 spiro atoms. The SMILES string of the molecule is COc1cc2c(N(C)C3CC4(CCN(C(C)C)CC4)C3)cc(-c3ccc(C)o3)nc2cc1OCCCN1CCCC1. The Bertz CT molecular complexity index is 1330. The lowest BCUT2D eigenvalue weighted by atomic mass is 9.60. The summed E-state index contributed by atoms with van der Waals surface area (Å²) >= 11 is 0. The summed E-state index contributed by atoms with van der Waals surface area (Å²) in [7, 11) is 3.98. The minimum absolute atomic E-state index is 0.502. The normalized spacial score (nSPS) is 19.8. The molecule has 0 bridgehead atoms. The van der Waals surface area contributed by atoms with Crippen LogP contribution in [-0.4, -0.2) is 80.4 Å². The number of pyridine rings is 1. The van der Waals surface area contributed by atoms with Crippen molar-refractivity contribution in [2.45, 2.75) is 77.8 Å². The highest BCUT2D eigenvalue weighted by atomic mass is 16.5. The van der Waals surface area contributed by atoms with Crippen LogP contribution in [0.5, 0.6) is 11.5 Å². The number of rotatable bonds is 10. The average Bonchev–Trinajstić information content (AvgIpc) is 3.64. The molecule has 2 aromatic heterocycles. The number of hydrogen-bond acceptors (Lipinski definition) is 7. The highest BCUT2D eigenvalue weighted by Gasteiger charge is 2.47. The molecule has 6 rings (SSSR count). The number of methoxy groups -OCH3 is 1. The number of furan rings is 1. The molecule has 3 fully saturated rings. The summed E-state index contributed by atoms with van der Waals surface area (Å²) in [5, 5.41) is 1.09. The fourth-order valence-electron chi connectivity index (χ4n) is 7.29. The molecule has 0 unspecified atom stereocenters. The molecule has 2 aliphatic heterocycles. The maximum absolute atomic E-state index is 6.29. The van der Waals surface area contributed by atoms with E-state index in [0.717, 1.165) is 52.6 Å². The van der Waals surface area contributed by atoms with E-state index >= 15 is 0 Å². The first-order chi connectivity index (χ1) is 19.8. The van der Waals surface area contributed by atoms with E-state index in [2.05, 4.69) is 53.8 Å². The molecule has 41 heavy (non-hydrogen) atoms. The predicted molar refractivity (Wildman–Crippen MR) is 166 cm³/mol. The number of likely N-dealkylation sites (tertiary alicyclic amines) is 2. The Morgan fingerprint density at radius 1 is 1.05 bits per heavy atom. The quantitative estimate of drug-likeness (QED) is 0.254. The number of nitrogens with zero attached hydrogens (tertiary/aromatic N) is 4. The van der Waals surface area contributed by atoms with Crippen LogP contribution in [0.15, 0.2) is 34.7 Å². The number of aromatic nitrogens is 1. The van der Waals surface area contributed by atoms with E-state index in [1.54, 1.807) is 7.11 Å². The highest BCUT2D eigenvalue weighted by molar-refractivity contribution is 5.96. The molecular weight excluding hydrogens is 512 g/mol. The molecule has 3 aliphatic rings. The molecular formula is C34H48N4O3. The minimum atomic E-state index is 0.502. The summed E-state index contributed by atoms with van der Waals surface area (Å²) in [6, 6.07) is 11.6. The molecule has 1 aliphatic carbocycles. The van der Waals surface area contributed by atoms with Crippen molar-refractivity contribution in [1.29, 1.82) is 0 Å². The zero-order chi connectivity index (χ0) is 28.6. The van der Waals surface area contributed by atoms with Gasteiger partial charge in [-0.25, -0.2) is 4.98 Å². The van der Waals surface area contributed by atoms with Gasteiger partial charge in [0.25, 0.3) is 0 Å². The molecule has 0 atom stereocenters. The largest absolute Gasteiger partial charge is 0.493 e. The second kappa shape index (κ2) is 11.8. The van der Waals surface area contributed by atoms with E-state index in [1.165, 1.54) is 70.4 Å². The van der Waals surface area contributed by atoms with Gasteiger partial charge in [0.15, 0.2) is 17.3 Å². The van der Waals surface area contributed by atoms with Gasteiger partial charge in [-0.3, -0.25) is 0 Å². The highest BCUT2D eigenvalue weighted by Crippen LogP contribution is 2.52. The number of fused-ring (bicyclic) bond motifs is 1. The number of anilines is 1. The first-order valence-electron chi connectivity index (χ1n) is 15.8. The van der Waals surface area contributed by atoms with Gasteiger partial charge in [0, 0.05) is 42.8 Å². The van der Waals surface area contributed by atoms with E-state index in [-0.39, 0.29) is 0 Å². The van der Waals surface area contributed by atoms with Crippen LogP contribution in [0.25, 0.3) is 22.4 Å². The van der Waals surface area contributed by atoms with Crippen LogP contribution < -0.4 is 14.4 Å². The summed E-state index contributed by atoms with van der Waals surface area (Å²) in [4.78, 5) is 12.7. The lowest BCUT2D eigenvalue weighted by Gasteiger charge is -2.55. The van der Waals surface area contributed by atoms with E-state index in [4.69, 9.17) is 18.9 Å². The summed E-state index contributed by atoms with van der Waals surface area (Å²) in [6.45, 7) is 13.3. The van der Waals surface area contributed by atoms with Crippen molar-refractivity contribution in [3.05, 3.63) is 36.1 Å². The fraction of sp³-hybridized carbons (Fsp3) is 0.618. The van der Waals surface area contributed by atoms with Crippen molar-refractivity contribution in [2.24, 2.45) is 5.41 Å². The van der Waals surface area contributed by atoms with Crippen LogP contribution >= 0.6 is 0 Å². The zero-order valence-corrected chi connectivity index (χ0v) is 25.7. The van der Waals surface area contributed by atoms with E-state index < -0.39 is 0 Å². The molecule has 0 amide bonds. The van der Waals surface area contributed by atoms with Crippen molar-refractivity contribution in [3.63, 3.8) is 0 Å². The lowest BCUT2D eigenvalue weighted by molar-refractivity contribution is 0.00698. The second-order valence-electron chi connectivity index (χ2n) is 13.0. The third kappa shape index (κ3) is 5.94. The minimum Gasteiger partial charge on any atom is -0.493 e. The Morgan fingerprint density at radius 2 is 1.80 bits per heavy atom. The topological polar surface area (TPSA) is 54.2 Å². The van der Waals surface area contributed by atoms with Crippen molar-refractivity contribution in [3.8, 4) is 23.0 Å². The van der Waals surface area contributed by atoms with Gasteiger partial charge in [0.05, 0.1) is 19.2 Å². The standard InChI is InChI=1S/C34H48N4O3/c1-24(2)38-16-11-34(12-17-38)22-26(23-34)36(4)30-20-29(31-10-9-25(3)41-31)35-28-21-33(32(39-5)19-27(28)30)40-18-8-15-37-13-6-7-14-37/h9-10,19-21,24,26H,6-8,11-18,22-23H2,1-5H3. The summed E-state index contributed by atoms with van der Waals surface area (Å²) in [5.41, 5.74) is 3.45. The molecule has 3 aromatic rings. The smallest absolute Gasteiger partial charge is 0.163 e. The third-order valence-corrected chi connectivity index (χ3v) is 9.99. The average molecular weight is 561 g/mol. The molecule has 222 valence electrons. The summed E-state index contributed by atoms with van der Waals surface area (Å²) in [5.74, 6) is 3.22. The van der Waals surface area contributed by atoms with Gasteiger partial charge in [0.1, 0.15) is 11.5 Å². The van der Waals surface area contributed by atoms with E-state index in [0.29, 0.717) is 24.1 Å². The van der Waals surface area contributed by atoms with Gasteiger partial charge in [-0.2, -0.15) is 0 Å². The van der Waals surface area contributed by atoms with Gasteiger partial charge < -0.3 is 28.6 Å². The molecule has 0 radical (unpaired) electrons. The Labute approximate surface area is 245 Å². The molecule has 7 nitrogen and oxygen atoms in total. The Morgan fingerprint density at radius 3 is 2.46 bits per heavy atom. The van der Waals surface area contributed by atoms with Gasteiger partial charge in [0.2, 0.25) is 0 Å². The lowest BCUT2D eigenvalue weighted by Crippen LogP contribution is -2.55. The first-order valence-corrected chi connectivity index (χ1v) is 15.8. The van der Waals surface area contributed by atoms with Crippen LogP contribution in [0.2, 0.25) is 0 Å². The Kier molecular flexibility index (Phi) is 8.19. The summed E-state index contributed by atoms with van der Waals surface area (Å²) in [6.07, 6.45) is 8.78. The van der Waals surface area contributed by atoms with Gasteiger partial charge >= 0.3 is 0 Å².